The van der Waals surface area contributed by atoms with Gasteiger partial charge in [-0.3, -0.25) is 4.98 Å². The number of nitrogens with zero attached hydrogens (tertiary/aromatic N) is 3. The van der Waals surface area contributed by atoms with E-state index in [0.717, 1.165) is 67.7 Å². The summed E-state index contributed by atoms with van der Waals surface area (Å²) in [5.41, 5.74) is 9.54. The van der Waals surface area contributed by atoms with Crippen LogP contribution in [-0.2, 0) is 26.5 Å². The smallest absolute Gasteiger partial charge is 0.120 e. The Morgan fingerprint density at radius 2 is 1.44 bits per heavy atom. The molecule has 0 aliphatic heterocycles. The van der Waals surface area contributed by atoms with Crippen LogP contribution < -0.4 is 4.40 Å². The molecule has 3 heterocycles. The molecule has 0 fully saturated rings. The summed E-state index contributed by atoms with van der Waals surface area (Å²) in [5.74, 6) is 8.15. The van der Waals surface area contributed by atoms with E-state index in [2.05, 4.69) is 146 Å². The standard InChI is InChI=1S/C29H17N2O.C19H26GeN.Ir/c1-2-11-20-19(9-1)10-7-17-25(20)31-26-16-5-4-15-24(26)30-29(31)23-14-8-13-22-21-12-3-6-18-27(21)32-28(22)23;1-19(2,3)13-16-12-18(15-10-8-7-9-11-15)21-14-17(16)20(4,5)6;/h1-13,15-18H;7-10,12,14H,13H2,1-6H3;/q2*-1;. The second-order valence-corrected chi connectivity index (χ2v) is 26.5. The van der Waals surface area contributed by atoms with Crippen LogP contribution in [0.15, 0.2) is 144 Å². The minimum absolute atomic E-state index is 0. The average molecular weight is 943 g/mol. The Kier molecular flexibility index (Phi) is 10.5. The third-order valence-electron chi connectivity index (χ3n) is 9.63. The second kappa shape index (κ2) is 15.1. The van der Waals surface area contributed by atoms with Crippen molar-refractivity contribution in [1.29, 1.82) is 0 Å². The first-order chi connectivity index (χ1) is 25.5. The van der Waals surface area contributed by atoms with Crippen molar-refractivity contribution in [3.05, 3.63) is 157 Å². The molecule has 0 amide bonds. The summed E-state index contributed by atoms with van der Waals surface area (Å²) in [7, 11) is 0. The molecule has 0 bridgehead atoms. The largest absolute Gasteiger partial charge is 0.501 e. The first-order valence-electron chi connectivity index (χ1n) is 18.3. The Hall–Kier alpha value is -4.81. The first-order valence-corrected chi connectivity index (χ1v) is 25.6. The predicted octanol–water partition coefficient (Wildman–Crippen LogP) is 12.2. The van der Waals surface area contributed by atoms with E-state index in [9.17, 15) is 0 Å². The summed E-state index contributed by atoms with van der Waals surface area (Å²) in [6.07, 6.45) is 3.24. The number of aromatic nitrogens is 3. The van der Waals surface area contributed by atoms with Gasteiger partial charge in [0, 0.05) is 36.6 Å². The van der Waals surface area contributed by atoms with Gasteiger partial charge in [0.2, 0.25) is 0 Å². The number of pyridine rings is 1. The summed E-state index contributed by atoms with van der Waals surface area (Å²) in [5, 5.41) is 4.55. The van der Waals surface area contributed by atoms with Gasteiger partial charge in [-0.2, -0.15) is 0 Å². The van der Waals surface area contributed by atoms with Crippen LogP contribution in [0.25, 0.3) is 72.1 Å². The van der Waals surface area contributed by atoms with Crippen LogP contribution in [0.3, 0.4) is 0 Å². The summed E-state index contributed by atoms with van der Waals surface area (Å²) in [4.78, 5) is 9.78. The van der Waals surface area contributed by atoms with Crippen molar-refractivity contribution in [2.24, 2.45) is 5.41 Å². The molecule has 0 spiro atoms. The summed E-state index contributed by atoms with van der Waals surface area (Å²) < 4.78 is 10.1. The zero-order valence-electron chi connectivity index (χ0n) is 31.6. The monoisotopic (exact) mass is 944 g/mol. The van der Waals surface area contributed by atoms with Gasteiger partial charge >= 0.3 is 132 Å². The Morgan fingerprint density at radius 3 is 2.22 bits per heavy atom. The van der Waals surface area contributed by atoms with Crippen LogP contribution in [0.1, 0.15) is 26.3 Å². The number of rotatable bonds is 5. The molecule has 0 aliphatic rings. The van der Waals surface area contributed by atoms with Crippen molar-refractivity contribution in [2.75, 3.05) is 0 Å². The maximum Gasteiger partial charge on any atom is 0.120 e. The Morgan fingerprint density at radius 1 is 0.722 bits per heavy atom. The topological polar surface area (TPSA) is 43.9 Å². The Labute approximate surface area is 334 Å². The third kappa shape index (κ3) is 7.46. The van der Waals surface area contributed by atoms with Crippen LogP contribution in [-0.4, -0.2) is 27.8 Å². The number of imidazole rings is 1. The number of benzene rings is 6. The van der Waals surface area contributed by atoms with Gasteiger partial charge < -0.3 is 8.98 Å². The Balaban J connectivity index is 0.000000180. The predicted molar refractivity (Wildman–Crippen MR) is 225 cm³/mol. The van der Waals surface area contributed by atoms with Crippen molar-refractivity contribution in [1.82, 2.24) is 14.5 Å². The summed E-state index contributed by atoms with van der Waals surface area (Å²) in [6.45, 7) is 6.92. The van der Waals surface area contributed by atoms with Gasteiger partial charge in [-0.25, -0.2) is 0 Å². The maximum absolute atomic E-state index is 6.33. The van der Waals surface area contributed by atoms with Crippen molar-refractivity contribution in [2.45, 2.75) is 44.5 Å². The van der Waals surface area contributed by atoms with E-state index in [1.807, 2.05) is 48.5 Å². The zero-order valence-corrected chi connectivity index (χ0v) is 36.1. The summed E-state index contributed by atoms with van der Waals surface area (Å²) >= 11 is -1.90. The fraction of sp³-hybridized carbons (Fsp3) is 0.167. The van der Waals surface area contributed by atoms with Crippen LogP contribution in [0, 0.1) is 17.5 Å². The molecular formula is C48H43GeIrN3O-2. The summed E-state index contributed by atoms with van der Waals surface area (Å²) in [6, 6.07) is 52.4. The van der Waals surface area contributed by atoms with Crippen LogP contribution in [0.5, 0.6) is 0 Å². The number of hydrogen-bond donors (Lipinski definition) is 0. The van der Waals surface area contributed by atoms with Crippen LogP contribution >= 0.6 is 0 Å². The van der Waals surface area contributed by atoms with Crippen molar-refractivity contribution >= 4 is 61.4 Å². The molecule has 0 aliphatic carbocycles. The van der Waals surface area contributed by atoms with Gasteiger partial charge in [-0.15, -0.1) is 18.2 Å². The van der Waals surface area contributed by atoms with Crippen LogP contribution in [0.4, 0.5) is 0 Å². The molecular weight excluding hydrogens is 899 g/mol. The van der Waals surface area contributed by atoms with Gasteiger partial charge in [0.25, 0.3) is 0 Å². The molecule has 0 unspecified atom stereocenters. The molecule has 0 atom stereocenters. The molecule has 54 heavy (non-hydrogen) atoms. The van der Waals surface area contributed by atoms with E-state index < -0.39 is 13.3 Å². The fourth-order valence-electron chi connectivity index (χ4n) is 7.29. The minimum atomic E-state index is -1.90. The van der Waals surface area contributed by atoms with Crippen molar-refractivity contribution in [3.63, 3.8) is 0 Å². The van der Waals surface area contributed by atoms with Gasteiger partial charge in [0.05, 0.1) is 22.4 Å². The molecule has 0 saturated heterocycles. The molecule has 6 aromatic carbocycles. The second-order valence-electron chi connectivity index (χ2n) is 15.9. The molecule has 9 rings (SSSR count). The van der Waals surface area contributed by atoms with Gasteiger partial charge in [0.1, 0.15) is 5.58 Å². The maximum atomic E-state index is 6.33. The molecule has 3 aromatic heterocycles. The van der Waals surface area contributed by atoms with Crippen LogP contribution in [0.2, 0.25) is 17.3 Å². The van der Waals surface area contributed by atoms with Crippen molar-refractivity contribution < 1.29 is 24.5 Å². The van der Waals surface area contributed by atoms with Gasteiger partial charge in [-0.05, 0) is 29.7 Å². The SMILES string of the molecule is CC(C)(C)Cc1cc(-c2[c-]cccc2)nc[c]1[Ge]([CH3])([CH3])[CH3].[Ir].[c-]1ccc2c(oc3ccccc32)c1-c1nc2ccccc2n1-c1cccc2ccccc12. The quantitative estimate of drug-likeness (QED) is 0.128. The molecule has 4 nitrogen and oxygen atoms in total. The van der Waals surface area contributed by atoms with E-state index in [1.165, 1.54) is 20.7 Å². The van der Waals surface area contributed by atoms with Crippen molar-refractivity contribution in [3.8, 4) is 28.3 Å². The van der Waals surface area contributed by atoms with Gasteiger partial charge in [-0.1, -0.05) is 77.7 Å². The first kappa shape index (κ1) is 37.5. The third-order valence-corrected chi connectivity index (χ3v) is 14.0. The zero-order chi connectivity index (χ0) is 36.7. The molecule has 1 radical (unpaired) electrons. The van der Waals surface area contributed by atoms with Gasteiger partial charge in [0.15, 0.2) is 0 Å². The molecule has 0 saturated carbocycles. The number of fused-ring (bicyclic) bond motifs is 5. The molecule has 271 valence electrons. The minimum Gasteiger partial charge on any atom is -0.501 e. The molecule has 0 N–H and O–H groups in total. The number of furan rings is 1. The van der Waals surface area contributed by atoms with E-state index in [0.29, 0.717) is 5.41 Å². The van der Waals surface area contributed by atoms with E-state index in [-0.39, 0.29) is 20.1 Å². The van der Waals surface area contributed by atoms with E-state index in [4.69, 9.17) is 14.4 Å². The Bertz CT molecular complexity index is 2730. The number of para-hydroxylation sites is 3. The average Bonchev–Trinajstić information content (AvgIpc) is 3.73. The molecule has 6 heteroatoms. The normalized spacial score (nSPS) is 11.8. The van der Waals surface area contributed by atoms with E-state index >= 15 is 0 Å². The molecule has 9 aromatic rings. The van der Waals surface area contributed by atoms with E-state index in [1.54, 1.807) is 0 Å². The number of hydrogen-bond acceptors (Lipinski definition) is 3. The fourth-order valence-corrected chi connectivity index (χ4v) is 10.6.